The summed E-state index contributed by atoms with van der Waals surface area (Å²) in [6.45, 7) is 4.07. The SMILES string of the molecule is Cc1ccc(C(O)(c2ccc(C)cc2)C(N)c2ccccc2)cc1. The molecule has 0 spiro atoms. The van der Waals surface area contributed by atoms with Crippen LogP contribution in [0.25, 0.3) is 0 Å². The van der Waals surface area contributed by atoms with Gasteiger partial charge in [-0.05, 0) is 30.5 Å². The van der Waals surface area contributed by atoms with Gasteiger partial charge in [0.15, 0.2) is 0 Å². The lowest BCUT2D eigenvalue weighted by atomic mass is 9.77. The summed E-state index contributed by atoms with van der Waals surface area (Å²) in [7, 11) is 0. The molecule has 3 N–H and O–H groups in total. The number of hydrogen-bond donors (Lipinski definition) is 2. The van der Waals surface area contributed by atoms with Crippen molar-refractivity contribution in [2.75, 3.05) is 0 Å². The van der Waals surface area contributed by atoms with Crippen molar-refractivity contribution in [2.24, 2.45) is 5.73 Å². The molecule has 1 unspecified atom stereocenters. The maximum Gasteiger partial charge on any atom is 0.134 e. The molecule has 24 heavy (non-hydrogen) atoms. The molecule has 0 heterocycles. The second kappa shape index (κ2) is 6.60. The Labute approximate surface area is 143 Å². The average molecular weight is 317 g/mol. The van der Waals surface area contributed by atoms with E-state index in [1.807, 2.05) is 92.7 Å². The highest BCUT2D eigenvalue weighted by Crippen LogP contribution is 2.39. The largest absolute Gasteiger partial charge is 0.378 e. The van der Waals surface area contributed by atoms with Gasteiger partial charge in [0, 0.05) is 0 Å². The minimum atomic E-state index is -1.29. The Morgan fingerprint density at radius 1 is 0.708 bits per heavy atom. The van der Waals surface area contributed by atoms with Crippen molar-refractivity contribution in [3.63, 3.8) is 0 Å². The third kappa shape index (κ3) is 2.99. The summed E-state index contributed by atoms with van der Waals surface area (Å²) in [6.07, 6.45) is 0. The number of aliphatic hydroxyl groups is 1. The molecule has 3 aromatic rings. The van der Waals surface area contributed by atoms with Gasteiger partial charge >= 0.3 is 0 Å². The van der Waals surface area contributed by atoms with E-state index in [4.69, 9.17) is 5.73 Å². The van der Waals surface area contributed by atoms with Crippen LogP contribution in [-0.2, 0) is 5.60 Å². The molecule has 3 aromatic carbocycles. The third-order valence-corrected chi connectivity index (χ3v) is 4.59. The average Bonchev–Trinajstić information content (AvgIpc) is 2.62. The molecule has 3 rings (SSSR count). The highest BCUT2D eigenvalue weighted by atomic mass is 16.3. The molecule has 1 atom stereocenters. The fourth-order valence-corrected chi connectivity index (χ4v) is 3.04. The van der Waals surface area contributed by atoms with E-state index in [9.17, 15) is 5.11 Å². The molecule has 2 heteroatoms. The van der Waals surface area contributed by atoms with Crippen LogP contribution >= 0.6 is 0 Å². The van der Waals surface area contributed by atoms with E-state index >= 15 is 0 Å². The normalized spacial score (nSPS) is 12.8. The second-order valence-corrected chi connectivity index (χ2v) is 6.39. The summed E-state index contributed by atoms with van der Waals surface area (Å²) >= 11 is 0. The Morgan fingerprint density at radius 2 is 1.12 bits per heavy atom. The fraction of sp³-hybridized carbons (Fsp3) is 0.182. The van der Waals surface area contributed by atoms with E-state index < -0.39 is 11.6 Å². The molecule has 0 bridgehead atoms. The lowest BCUT2D eigenvalue weighted by molar-refractivity contribution is 0.0512. The molecule has 0 aromatic heterocycles. The Morgan fingerprint density at radius 3 is 1.54 bits per heavy atom. The fourth-order valence-electron chi connectivity index (χ4n) is 3.04. The number of aryl methyl sites for hydroxylation is 2. The standard InChI is InChI=1S/C22H23NO/c1-16-8-12-19(13-9-16)22(24,20-14-10-17(2)11-15-20)21(23)18-6-4-3-5-7-18/h3-15,21,24H,23H2,1-2H3. The molecular formula is C22H23NO. The van der Waals surface area contributed by atoms with E-state index in [-0.39, 0.29) is 0 Å². The van der Waals surface area contributed by atoms with Gasteiger partial charge in [-0.2, -0.15) is 0 Å². The Bertz CT molecular complexity index is 746. The summed E-state index contributed by atoms with van der Waals surface area (Å²) in [4.78, 5) is 0. The monoisotopic (exact) mass is 317 g/mol. The highest BCUT2D eigenvalue weighted by molar-refractivity contribution is 5.42. The number of rotatable bonds is 4. The quantitative estimate of drug-likeness (QED) is 0.756. The summed E-state index contributed by atoms with van der Waals surface area (Å²) < 4.78 is 0. The summed E-state index contributed by atoms with van der Waals surface area (Å²) in [6, 6.07) is 25.0. The zero-order valence-electron chi connectivity index (χ0n) is 14.1. The molecule has 0 saturated heterocycles. The van der Waals surface area contributed by atoms with Gasteiger partial charge < -0.3 is 10.8 Å². The van der Waals surface area contributed by atoms with Crippen LogP contribution in [0, 0.1) is 13.8 Å². The topological polar surface area (TPSA) is 46.2 Å². The van der Waals surface area contributed by atoms with Crippen molar-refractivity contribution < 1.29 is 5.11 Å². The number of hydrogen-bond acceptors (Lipinski definition) is 2. The van der Waals surface area contributed by atoms with E-state index in [0.717, 1.165) is 27.8 Å². The van der Waals surface area contributed by atoms with Crippen molar-refractivity contribution in [3.8, 4) is 0 Å². The van der Waals surface area contributed by atoms with Gasteiger partial charge in [-0.25, -0.2) is 0 Å². The van der Waals surface area contributed by atoms with Crippen LogP contribution in [0.15, 0.2) is 78.9 Å². The van der Waals surface area contributed by atoms with E-state index in [0.29, 0.717) is 0 Å². The minimum absolute atomic E-state index is 0.566. The third-order valence-electron chi connectivity index (χ3n) is 4.59. The van der Waals surface area contributed by atoms with E-state index in [2.05, 4.69) is 0 Å². The molecule has 0 aliphatic rings. The smallest absolute Gasteiger partial charge is 0.134 e. The maximum atomic E-state index is 11.7. The lowest BCUT2D eigenvalue weighted by Crippen LogP contribution is -2.39. The Balaban J connectivity index is 2.16. The summed E-state index contributed by atoms with van der Waals surface area (Å²) in [5.74, 6) is 0. The number of benzene rings is 3. The first-order valence-electron chi connectivity index (χ1n) is 8.19. The van der Waals surface area contributed by atoms with Crippen molar-refractivity contribution in [1.29, 1.82) is 0 Å². The molecular weight excluding hydrogens is 294 g/mol. The first kappa shape index (κ1) is 16.4. The lowest BCUT2D eigenvalue weighted by Gasteiger charge is -2.35. The van der Waals surface area contributed by atoms with Gasteiger partial charge in [-0.15, -0.1) is 0 Å². The van der Waals surface area contributed by atoms with Crippen LogP contribution < -0.4 is 5.73 Å². The molecule has 122 valence electrons. The molecule has 0 amide bonds. The molecule has 0 saturated carbocycles. The zero-order chi connectivity index (χ0) is 17.2. The van der Waals surface area contributed by atoms with Gasteiger partial charge in [0.1, 0.15) is 5.60 Å². The highest BCUT2D eigenvalue weighted by Gasteiger charge is 2.39. The van der Waals surface area contributed by atoms with Crippen LogP contribution in [0.1, 0.15) is 33.9 Å². The van der Waals surface area contributed by atoms with Crippen molar-refractivity contribution in [1.82, 2.24) is 0 Å². The van der Waals surface area contributed by atoms with Crippen LogP contribution in [0.3, 0.4) is 0 Å². The zero-order valence-corrected chi connectivity index (χ0v) is 14.1. The molecule has 2 nitrogen and oxygen atoms in total. The van der Waals surface area contributed by atoms with Gasteiger partial charge in [0.2, 0.25) is 0 Å². The minimum Gasteiger partial charge on any atom is -0.378 e. The van der Waals surface area contributed by atoms with Crippen molar-refractivity contribution >= 4 is 0 Å². The van der Waals surface area contributed by atoms with Crippen LogP contribution in [0.4, 0.5) is 0 Å². The maximum absolute atomic E-state index is 11.7. The summed E-state index contributed by atoms with van der Waals surface area (Å²) in [5.41, 5.74) is 10.1. The molecule has 0 radical (unpaired) electrons. The van der Waals surface area contributed by atoms with Gasteiger partial charge in [0.25, 0.3) is 0 Å². The predicted molar refractivity (Wildman–Crippen MR) is 98.7 cm³/mol. The van der Waals surface area contributed by atoms with Crippen LogP contribution in [0.2, 0.25) is 0 Å². The van der Waals surface area contributed by atoms with Crippen LogP contribution in [-0.4, -0.2) is 5.11 Å². The van der Waals surface area contributed by atoms with Gasteiger partial charge in [-0.3, -0.25) is 0 Å². The van der Waals surface area contributed by atoms with E-state index in [1.54, 1.807) is 0 Å². The Hall–Kier alpha value is -2.42. The molecule has 0 aliphatic heterocycles. The van der Waals surface area contributed by atoms with Crippen LogP contribution in [0.5, 0.6) is 0 Å². The van der Waals surface area contributed by atoms with Gasteiger partial charge in [0.05, 0.1) is 6.04 Å². The first-order chi connectivity index (χ1) is 11.5. The first-order valence-corrected chi connectivity index (χ1v) is 8.19. The molecule has 0 aliphatic carbocycles. The summed E-state index contributed by atoms with van der Waals surface area (Å²) in [5, 5.41) is 11.7. The van der Waals surface area contributed by atoms with Gasteiger partial charge in [-0.1, -0.05) is 90.0 Å². The van der Waals surface area contributed by atoms with Crippen molar-refractivity contribution in [2.45, 2.75) is 25.5 Å². The number of nitrogens with two attached hydrogens (primary N) is 1. The van der Waals surface area contributed by atoms with Crippen molar-refractivity contribution in [3.05, 3.63) is 107 Å². The van der Waals surface area contributed by atoms with E-state index in [1.165, 1.54) is 0 Å². The predicted octanol–water partition coefficient (Wildman–Crippen LogP) is 4.24. The Kier molecular flexibility index (Phi) is 4.52. The molecule has 0 fully saturated rings. The second-order valence-electron chi connectivity index (χ2n) is 6.39.